The van der Waals surface area contributed by atoms with Crippen LogP contribution in [0.4, 0.5) is 10.5 Å². The molecule has 6 heteroatoms. The van der Waals surface area contributed by atoms with Gasteiger partial charge < -0.3 is 20.7 Å². The zero-order chi connectivity index (χ0) is 14.4. The molecule has 0 saturated carbocycles. The van der Waals surface area contributed by atoms with Crippen molar-refractivity contribution >= 4 is 17.6 Å². The number of nitrogens with one attached hydrogen (secondary N) is 2. The zero-order valence-electron chi connectivity index (χ0n) is 11.4. The van der Waals surface area contributed by atoms with Crippen LogP contribution >= 0.6 is 0 Å². The van der Waals surface area contributed by atoms with E-state index in [-0.39, 0.29) is 24.5 Å². The van der Waals surface area contributed by atoms with Gasteiger partial charge in [0.15, 0.2) is 0 Å². The summed E-state index contributed by atoms with van der Waals surface area (Å²) in [4.78, 5) is 13.6. The lowest BCUT2D eigenvalue weighted by Crippen LogP contribution is -2.44. The maximum absolute atomic E-state index is 12.1. The molecule has 0 atom stereocenters. The van der Waals surface area contributed by atoms with Crippen molar-refractivity contribution in [2.24, 2.45) is 5.73 Å². The van der Waals surface area contributed by atoms with Crippen LogP contribution in [0.5, 0.6) is 5.75 Å². The van der Waals surface area contributed by atoms with Crippen LogP contribution in [-0.4, -0.2) is 36.5 Å². The number of carbonyl (C=O) groups excluding carboxylic acids is 1. The van der Waals surface area contributed by atoms with Gasteiger partial charge in [-0.2, -0.15) is 0 Å². The first-order chi connectivity index (χ1) is 8.93. The number of hydrogen-bond acceptors (Lipinski definition) is 3. The van der Waals surface area contributed by atoms with E-state index >= 15 is 0 Å². The molecular formula is C13H20N4O2. The van der Waals surface area contributed by atoms with Gasteiger partial charge in [0.2, 0.25) is 0 Å². The fourth-order valence-electron chi connectivity index (χ4n) is 1.57. The number of anilines is 1. The van der Waals surface area contributed by atoms with E-state index in [4.69, 9.17) is 15.9 Å². The van der Waals surface area contributed by atoms with E-state index in [2.05, 4.69) is 5.32 Å². The second kappa shape index (κ2) is 6.63. The Morgan fingerprint density at radius 2 is 2.21 bits per heavy atom. The lowest BCUT2D eigenvalue weighted by molar-refractivity contribution is 0.206. The smallest absolute Gasteiger partial charge is 0.322 e. The topological polar surface area (TPSA) is 91.4 Å². The van der Waals surface area contributed by atoms with Crippen LogP contribution in [0.2, 0.25) is 0 Å². The van der Waals surface area contributed by atoms with Crippen LogP contribution in [-0.2, 0) is 0 Å². The summed E-state index contributed by atoms with van der Waals surface area (Å²) in [6.45, 7) is 3.84. The third-order valence-electron chi connectivity index (χ3n) is 2.55. The Kier molecular flexibility index (Phi) is 5.17. The number of carbonyl (C=O) groups is 1. The van der Waals surface area contributed by atoms with Crippen LogP contribution in [0.25, 0.3) is 0 Å². The van der Waals surface area contributed by atoms with Crippen molar-refractivity contribution < 1.29 is 9.53 Å². The van der Waals surface area contributed by atoms with Gasteiger partial charge in [0.25, 0.3) is 0 Å². The van der Waals surface area contributed by atoms with Gasteiger partial charge in [-0.1, -0.05) is 6.07 Å². The normalized spacial score (nSPS) is 10.1. The Balaban J connectivity index is 2.77. The summed E-state index contributed by atoms with van der Waals surface area (Å²) < 4.78 is 5.09. The fraction of sp³-hybridized carbons (Fsp3) is 0.385. The number of hydrogen-bond donors (Lipinski definition) is 3. The van der Waals surface area contributed by atoms with Crippen LogP contribution in [0.15, 0.2) is 24.3 Å². The predicted molar refractivity (Wildman–Crippen MR) is 75.8 cm³/mol. The minimum atomic E-state index is -0.293. The third kappa shape index (κ3) is 4.50. The van der Waals surface area contributed by atoms with Crippen LogP contribution < -0.4 is 15.8 Å². The molecule has 0 aliphatic heterocycles. The molecule has 0 radical (unpaired) electrons. The van der Waals surface area contributed by atoms with Crippen LogP contribution in [0, 0.1) is 5.41 Å². The summed E-state index contributed by atoms with van der Waals surface area (Å²) in [6, 6.07) is 6.74. The zero-order valence-corrected chi connectivity index (χ0v) is 11.4. The van der Waals surface area contributed by atoms with Crippen molar-refractivity contribution in [3.63, 3.8) is 0 Å². The highest BCUT2D eigenvalue weighted by Gasteiger charge is 2.17. The SMILES string of the molecule is COc1cccc(NC(=O)N(CC(=N)N)C(C)C)c1. The predicted octanol–water partition coefficient (Wildman–Crippen LogP) is 1.87. The molecule has 19 heavy (non-hydrogen) atoms. The Morgan fingerprint density at radius 3 is 2.74 bits per heavy atom. The van der Waals surface area contributed by atoms with Gasteiger partial charge in [-0.3, -0.25) is 5.41 Å². The first-order valence-corrected chi connectivity index (χ1v) is 5.98. The Morgan fingerprint density at radius 1 is 1.53 bits per heavy atom. The van der Waals surface area contributed by atoms with Gasteiger partial charge in [-0.25, -0.2) is 4.79 Å². The number of urea groups is 1. The summed E-state index contributed by atoms with van der Waals surface area (Å²) in [5.41, 5.74) is 5.99. The van der Waals surface area contributed by atoms with Gasteiger partial charge in [-0.15, -0.1) is 0 Å². The second-order valence-electron chi connectivity index (χ2n) is 4.41. The van der Waals surface area contributed by atoms with E-state index < -0.39 is 0 Å². The number of ether oxygens (including phenoxy) is 1. The molecule has 0 spiro atoms. The minimum absolute atomic E-state index is 0.0468. The van der Waals surface area contributed by atoms with E-state index in [1.54, 1.807) is 31.4 Å². The summed E-state index contributed by atoms with van der Waals surface area (Å²) in [5, 5.41) is 10.0. The minimum Gasteiger partial charge on any atom is -0.497 e. The number of methoxy groups -OCH3 is 1. The number of amides is 2. The number of benzene rings is 1. The molecule has 0 bridgehead atoms. The molecule has 0 aliphatic rings. The number of nitrogens with zero attached hydrogens (tertiary/aromatic N) is 1. The molecule has 0 saturated heterocycles. The van der Waals surface area contributed by atoms with Crippen LogP contribution in [0.1, 0.15) is 13.8 Å². The first-order valence-electron chi connectivity index (χ1n) is 5.98. The molecule has 0 fully saturated rings. The number of nitrogens with two attached hydrogens (primary N) is 1. The van der Waals surface area contributed by atoms with Gasteiger partial charge in [0, 0.05) is 17.8 Å². The molecule has 0 aliphatic carbocycles. The summed E-state index contributed by atoms with van der Waals surface area (Å²) in [5.74, 6) is 0.620. The van der Waals surface area contributed by atoms with Crippen molar-refractivity contribution in [1.82, 2.24) is 4.90 Å². The molecular weight excluding hydrogens is 244 g/mol. The van der Waals surface area contributed by atoms with Crippen molar-refractivity contribution in [1.29, 1.82) is 5.41 Å². The number of amidine groups is 1. The quantitative estimate of drug-likeness (QED) is 0.560. The Labute approximate surface area is 113 Å². The fourth-order valence-corrected chi connectivity index (χ4v) is 1.57. The molecule has 1 aromatic carbocycles. The standard InChI is InChI=1S/C13H20N4O2/c1-9(2)17(8-12(14)15)13(18)16-10-5-4-6-11(7-10)19-3/h4-7,9H,8H2,1-3H3,(H3,14,15)(H,16,18). The van der Waals surface area contributed by atoms with E-state index in [1.165, 1.54) is 4.90 Å². The van der Waals surface area contributed by atoms with Crippen molar-refractivity contribution in [2.45, 2.75) is 19.9 Å². The highest BCUT2D eigenvalue weighted by atomic mass is 16.5. The molecule has 4 N–H and O–H groups in total. The van der Waals surface area contributed by atoms with Gasteiger partial charge >= 0.3 is 6.03 Å². The molecule has 0 aromatic heterocycles. The lowest BCUT2D eigenvalue weighted by atomic mass is 10.3. The monoisotopic (exact) mass is 264 g/mol. The molecule has 1 rings (SSSR count). The Hall–Kier alpha value is -2.24. The maximum Gasteiger partial charge on any atom is 0.322 e. The molecule has 1 aromatic rings. The van der Waals surface area contributed by atoms with E-state index in [1.807, 2.05) is 13.8 Å². The molecule has 0 heterocycles. The summed E-state index contributed by atoms with van der Waals surface area (Å²) >= 11 is 0. The van der Waals surface area contributed by atoms with Crippen molar-refractivity contribution in [3.8, 4) is 5.75 Å². The molecule has 104 valence electrons. The van der Waals surface area contributed by atoms with Crippen LogP contribution in [0.3, 0.4) is 0 Å². The molecule has 6 nitrogen and oxygen atoms in total. The largest absolute Gasteiger partial charge is 0.497 e. The average Bonchev–Trinajstić information content (AvgIpc) is 2.35. The van der Waals surface area contributed by atoms with Crippen molar-refractivity contribution in [2.75, 3.05) is 19.0 Å². The number of rotatable bonds is 5. The Bertz CT molecular complexity index is 460. The maximum atomic E-state index is 12.1. The summed E-state index contributed by atoms with van der Waals surface area (Å²) in [7, 11) is 1.57. The molecule has 0 unspecified atom stereocenters. The first kappa shape index (κ1) is 14.8. The van der Waals surface area contributed by atoms with Gasteiger partial charge in [0.1, 0.15) is 11.6 Å². The van der Waals surface area contributed by atoms with Gasteiger partial charge in [0.05, 0.1) is 13.7 Å². The lowest BCUT2D eigenvalue weighted by Gasteiger charge is -2.26. The third-order valence-corrected chi connectivity index (χ3v) is 2.55. The van der Waals surface area contributed by atoms with E-state index in [0.29, 0.717) is 11.4 Å². The summed E-state index contributed by atoms with van der Waals surface area (Å²) in [6.07, 6.45) is 0. The molecule has 2 amide bonds. The van der Waals surface area contributed by atoms with E-state index in [0.717, 1.165) is 0 Å². The highest BCUT2D eigenvalue weighted by molar-refractivity contribution is 5.92. The van der Waals surface area contributed by atoms with Crippen molar-refractivity contribution in [3.05, 3.63) is 24.3 Å². The van der Waals surface area contributed by atoms with E-state index in [9.17, 15) is 4.79 Å². The highest BCUT2D eigenvalue weighted by Crippen LogP contribution is 2.17. The van der Waals surface area contributed by atoms with Gasteiger partial charge in [-0.05, 0) is 26.0 Å². The second-order valence-corrected chi connectivity index (χ2v) is 4.41. The average molecular weight is 264 g/mol.